The van der Waals surface area contributed by atoms with Gasteiger partial charge in [0, 0.05) is 19.4 Å². The number of hydrogen-bond donors (Lipinski definition) is 1. The van der Waals surface area contributed by atoms with Gasteiger partial charge in [-0.25, -0.2) is 0 Å². The Morgan fingerprint density at radius 3 is 2.12 bits per heavy atom. The molecule has 0 aliphatic carbocycles. The molecular formula is C11H20Cl2N2O2. The van der Waals surface area contributed by atoms with Crippen LogP contribution >= 0.6 is 24.8 Å². The summed E-state index contributed by atoms with van der Waals surface area (Å²) >= 11 is 0. The topological polar surface area (TPSA) is 57.4 Å². The van der Waals surface area contributed by atoms with Gasteiger partial charge in [-0.05, 0) is 26.0 Å². The molecule has 4 nitrogen and oxygen atoms in total. The number of hydrogen-bond acceptors (Lipinski definition) is 4. The highest BCUT2D eigenvalue weighted by molar-refractivity contribution is 5.85. The van der Waals surface area contributed by atoms with Gasteiger partial charge in [-0.15, -0.1) is 24.8 Å². The van der Waals surface area contributed by atoms with Gasteiger partial charge in [-0.2, -0.15) is 0 Å². The fourth-order valence-electron chi connectivity index (χ4n) is 1.47. The SMILES string of the molecule is CCOC(CN)(OCC)c1ccccn1.Cl.Cl. The van der Waals surface area contributed by atoms with E-state index >= 15 is 0 Å². The summed E-state index contributed by atoms with van der Waals surface area (Å²) in [7, 11) is 0. The van der Waals surface area contributed by atoms with Crippen LogP contribution in [-0.4, -0.2) is 24.7 Å². The third-order valence-electron chi connectivity index (χ3n) is 2.08. The van der Waals surface area contributed by atoms with Crippen molar-refractivity contribution in [3.05, 3.63) is 30.1 Å². The zero-order valence-corrected chi connectivity index (χ0v) is 11.7. The first kappa shape index (κ1) is 19.0. The maximum absolute atomic E-state index is 5.72. The van der Waals surface area contributed by atoms with E-state index in [0.717, 1.165) is 5.69 Å². The third kappa shape index (κ3) is 4.77. The van der Waals surface area contributed by atoms with Gasteiger partial charge in [0.05, 0.1) is 6.54 Å². The second kappa shape index (κ2) is 9.62. The van der Waals surface area contributed by atoms with Crippen molar-refractivity contribution >= 4 is 24.8 Å². The van der Waals surface area contributed by atoms with Crippen molar-refractivity contribution in [2.75, 3.05) is 19.8 Å². The maximum Gasteiger partial charge on any atom is 0.225 e. The summed E-state index contributed by atoms with van der Waals surface area (Å²) in [4.78, 5) is 4.23. The fraction of sp³-hybridized carbons (Fsp3) is 0.545. The van der Waals surface area contributed by atoms with Crippen LogP contribution in [0.25, 0.3) is 0 Å². The van der Waals surface area contributed by atoms with Crippen LogP contribution < -0.4 is 5.73 Å². The zero-order valence-electron chi connectivity index (χ0n) is 10.1. The van der Waals surface area contributed by atoms with E-state index < -0.39 is 5.79 Å². The van der Waals surface area contributed by atoms with Crippen molar-refractivity contribution < 1.29 is 9.47 Å². The molecule has 0 radical (unpaired) electrons. The monoisotopic (exact) mass is 282 g/mol. The van der Waals surface area contributed by atoms with Gasteiger partial charge in [-0.1, -0.05) is 6.07 Å². The van der Waals surface area contributed by atoms with Gasteiger partial charge in [0.15, 0.2) is 0 Å². The summed E-state index contributed by atoms with van der Waals surface area (Å²) in [6, 6.07) is 5.60. The van der Waals surface area contributed by atoms with E-state index in [9.17, 15) is 0 Å². The first-order valence-corrected chi connectivity index (χ1v) is 5.18. The molecule has 1 aromatic rings. The van der Waals surface area contributed by atoms with Crippen LogP contribution in [0.2, 0.25) is 0 Å². The Hall–Kier alpha value is -0.390. The van der Waals surface area contributed by atoms with Gasteiger partial charge in [0.25, 0.3) is 0 Å². The molecule has 0 aliphatic heterocycles. The molecule has 100 valence electrons. The van der Waals surface area contributed by atoms with Crippen molar-refractivity contribution in [3.63, 3.8) is 0 Å². The third-order valence-corrected chi connectivity index (χ3v) is 2.08. The van der Waals surface area contributed by atoms with E-state index in [1.54, 1.807) is 6.20 Å². The van der Waals surface area contributed by atoms with Crippen molar-refractivity contribution in [2.45, 2.75) is 19.6 Å². The van der Waals surface area contributed by atoms with E-state index in [-0.39, 0.29) is 31.4 Å². The van der Waals surface area contributed by atoms with E-state index in [1.165, 1.54) is 0 Å². The van der Waals surface area contributed by atoms with Crippen LogP contribution in [0.15, 0.2) is 24.4 Å². The molecular weight excluding hydrogens is 263 g/mol. The molecule has 0 saturated carbocycles. The minimum absolute atomic E-state index is 0. The van der Waals surface area contributed by atoms with Crippen molar-refractivity contribution in [1.29, 1.82) is 0 Å². The van der Waals surface area contributed by atoms with Crippen LogP contribution in [0.3, 0.4) is 0 Å². The molecule has 2 N–H and O–H groups in total. The van der Waals surface area contributed by atoms with Crippen LogP contribution in [0.5, 0.6) is 0 Å². The Bertz CT molecular complexity index is 280. The lowest BCUT2D eigenvalue weighted by Gasteiger charge is -2.31. The number of ether oxygens (including phenoxy) is 2. The molecule has 6 heteroatoms. The maximum atomic E-state index is 5.72. The summed E-state index contributed by atoms with van der Waals surface area (Å²) < 4.78 is 11.2. The second-order valence-corrected chi connectivity index (χ2v) is 3.04. The molecule has 0 spiro atoms. The van der Waals surface area contributed by atoms with Crippen LogP contribution in [0.4, 0.5) is 0 Å². The lowest BCUT2D eigenvalue weighted by atomic mass is 10.1. The molecule has 1 rings (SSSR count). The summed E-state index contributed by atoms with van der Waals surface area (Å²) in [5.74, 6) is -0.898. The first-order chi connectivity index (χ1) is 7.29. The number of halogens is 2. The number of nitrogens with zero attached hydrogens (tertiary/aromatic N) is 1. The predicted molar refractivity (Wildman–Crippen MR) is 72.7 cm³/mol. The zero-order chi connectivity index (χ0) is 11.1. The Morgan fingerprint density at radius 2 is 1.76 bits per heavy atom. The van der Waals surface area contributed by atoms with Gasteiger partial charge >= 0.3 is 0 Å². The molecule has 0 amide bonds. The molecule has 0 bridgehead atoms. The highest BCUT2D eigenvalue weighted by atomic mass is 35.5. The molecule has 0 atom stereocenters. The van der Waals surface area contributed by atoms with E-state index in [1.807, 2.05) is 32.0 Å². The molecule has 0 saturated heterocycles. The molecule has 0 aliphatic rings. The minimum Gasteiger partial charge on any atom is -0.344 e. The average Bonchev–Trinajstić information content (AvgIpc) is 2.30. The average molecular weight is 283 g/mol. The number of nitrogens with two attached hydrogens (primary N) is 1. The summed E-state index contributed by atoms with van der Waals surface area (Å²) in [6.07, 6.45) is 1.71. The lowest BCUT2D eigenvalue weighted by molar-refractivity contribution is -0.237. The van der Waals surface area contributed by atoms with Crippen molar-refractivity contribution in [3.8, 4) is 0 Å². The molecule has 0 fully saturated rings. The minimum atomic E-state index is -0.898. The van der Waals surface area contributed by atoms with Gasteiger partial charge < -0.3 is 15.2 Å². The number of pyridine rings is 1. The van der Waals surface area contributed by atoms with Gasteiger partial charge in [0.1, 0.15) is 5.69 Å². The van der Waals surface area contributed by atoms with E-state index in [2.05, 4.69) is 4.98 Å². The number of aromatic nitrogens is 1. The first-order valence-electron chi connectivity index (χ1n) is 5.18. The Labute approximate surface area is 115 Å². The smallest absolute Gasteiger partial charge is 0.225 e. The number of rotatable bonds is 6. The molecule has 0 unspecified atom stereocenters. The second-order valence-electron chi connectivity index (χ2n) is 3.04. The quantitative estimate of drug-likeness (QED) is 0.812. The lowest BCUT2D eigenvalue weighted by Crippen LogP contribution is -2.41. The highest BCUT2D eigenvalue weighted by Crippen LogP contribution is 2.24. The molecule has 0 aromatic carbocycles. The molecule has 1 heterocycles. The highest BCUT2D eigenvalue weighted by Gasteiger charge is 2.33. The normalized spacial score (nSPS) is 10.3. The van der Waals surface area contributed by atoms with Crippen molar-refractivity contribution in [2.24, 2.45) is 5.73 Å². The molecule has 17 heavy (non-hydrogen) atoms. The van der Waals surface area contributed by atoms with Gasteiger partial charge in [0.2, 0.25) is 5.79 Å². The Morgan fingerprint density at radius 1 is 1.18 bits per heavy atom. The summed E-state index contributed by atoms with van der Waals surface area (Å²) in [5, 5.41) is 0. The Kier molecular flexibility index (Phi) is 10.7. The Balaban J connectivity index is 0. The summed E-state index contributed by atoms with van der Waals surface area (Å²) in [6.45, 7) is 5.14. The van der Waals surface area contributed by atoms with Crippen LogP contribution in [0.1, 0.15) is 19.5 Å². The van der Waals surface area contributed by atoms with E-state index in [4.69, 9.17) is 15.2 Å². The van der Waals surface area contributed by atoms with Crippen LogP contribution in [-0.2, 0) is 15.3 Å². The fourth-order valence-corrected chi connectivity index (χ4v) is 1.47. The molecule has 1 aromatic heterocycles. The largest absolute Gasteiger partial charge is 0.344 e. The van der Waals surface area contributed by atoms with Gasteiger partial charge in [-0.3, -0.25) is 4.98 Å². The predicted octanol–water partition coefficient (Wildman–Crippen LogP) is 2.11. The van der Waals surface area contributed by atoms with Crippen LogP contribution in [0, 0.1) is 0 Å². The standard InChI is InChI=1S/C11H18N2O2.2ClH/c1-3-14-11(9-12,15-4-2)10-7-5-6-8-13-10;;/h5-8H,3-4,9,12H2,1-2H3;2*1H. The van der Waals surface area contributed by atoms with Crippen molar-refractivity contribution in [1.82, 2.24) is 4.98 Å². The summed E-state index contributed by atoms with van der Waals surface area (Å²) in [5.41, 5.74) is 6.44. The van der Waals surface area contributed by atoms with E-state index in [0.29, 0.717) is 13.2 Å².